The van der Waals surface area contributed by atoms with Gasteiger partial charge in [-0.3, -0.25) is 9.69 Å². The Bertz CT molecular complexity index is 512. The number of carbonyl (C=O) groups excluding carboxylic acids is 1. The first-order chi connectivity index (χ1) is 10.6. The van der Waals surface area contributed by atoms with E-state index in [4.69, 9.17) is 16.3 Å². The molecule has 23 heavy (non-hydrogen) atoms. The first-order valence-electron chi connectivity index (χ1n) is 7.62. The van der Waals surface area contributed by atoms with Crippen LogP contribution in [-0.4, -0.2) is 51.1 Å². The Kier molecular flexibility index (Phi) is 8.69. The van der Waals surface area contributed by atoms with Gasteiger partial charge in [-0.2, -0.15) is 0 Å². The lowest BCUT2D eigenvalue weighted by atomic mass is 9.98. The van der Waals surface area contributed by atoms with Gasteiger partial charge < -0.3 is 15.4 Å². The third kappa shape index (κ3) is 6.18. The van der Waals surface area contributed by atoms with Crippen LogP contribution in [0.2, 0.25) is 5.02 Å². The number of amides is 1. The number of hydrogen-bond donors (Lipinski definition) is 2. The van der Waals surface area contributed by atoms with Gasteiger partial charge in [-0.05, 0) is 57.1 Å². The van der Waals surface area contributed by atoms with E-state index in [1.165, 1.54) is 6.42 Å². The third-order valence-corrected chi connectivity index (χ3v) is 4.19. The number of likely N-dealkylation sites (tertiary alicyclic amines) is 1. The van der Waals surface area contributed by atoms with Gasteiger partial charge in [0.25, 0.3) is 0 Å². The number of carbonyl (C=O) groups is 1. The summed E-state index contributed by atoms with van der Waals surface area (Å²) in [5.74, 6) is 1.22. The molecule has 0 bridgehead atoms. The summed E-state index contributed by atoms with van der Waals surface area (Å²) in [7, 11) is 3.54. The molecule has 1 amide bonds. The number of anilines is 1. The van der Waals surface area contributed by atoms with Crippen LogP contribution in [0.15, 0.2) is 18.2 Å². The largest absolute Gasteiger partial charge is 0.495 e. The van der Waals surface area contributed by atoms with Crippen molar-refractivity contribution in [1.29, 1.82) is 0 Å². The number of nitrogens with one attached hydrogen (secondary N) is 2. The summed E-state index contributed by atoms with van der Waals surface area (Å²) >= 11 is 6.07. The molecule has 1 heterocycles. The van der Waals surface area contributed by atoms with Crippen molar-refractivity contribution >= 4 is 35.6 Å². The summed E-state index contributed by atoms with van der Waals surface area (Å²) in [6.45, 7) is 3.38. The highest BCUT2D eigenvalue weighted by molar-refractivity contribution is 6.32. The van der Waals surface area contributed by atoms with Crippen molar-refractivity contribution < 1.29 is 9.53 Å². The van der Waals surface area contributed by atoms with Gasteiger partial charge in [0.15, 0.2) is 0 Å². The van der Waals surface area contributed by atoms with E-state index in [1.54, 1.807) is 25.3 Å². The Morgan fingerprint density at radius 2 is 2.26 bits per heavy atom. The second-order valence-corrected chi connectivity index (χ2v) is 6.11. The Hall–Kier alpha value is -1.01. The standard InChI is InChI=1S/C16H24ClN3O2.ClH/c1-18-9-12-4-3-7-20(10-12)11-16(21)19-13-5-6-15(22-2)14(17)8-13;/h5-6,8,12,18H,3-4,7,9-11H2,1-2H3,(H,19,21);1H. The Balaban J connectivity index is 0.00000264. The second-order valence-electron chi connectivity index (χ2n) is 5.70. The molecule has 130 valence electrons. The van der Waals surface area contributed by atoms with Gasteiger partial charge in [0.2, 0.25) is 5.91 Å². The Labute approximate surface area is 149 Å². The lowest BCUT2D eigenvalue weighted by Crippen LogP contribution is -2.42. The van der Waals surface area contributed by atoms with E-state index in [9.17, 15) is 4.79 Å². The van der Waals surface area contributed by atoms with Crippen LogP contribution in [0.25, 0.3) is 0 Å². The molecule has 1 atom stereocenters. The molecule has 1 aromatic rings. The van der Waals surface area contributed by atoms with E-state index < -0.39 is 0 Å². The van der Waals surface area contributed by atoms with Gasteiger partial charge >= 0.3 is 0 Å². The summed E-state index contributed by atoms with van der Waals surface area (Å²) in [6.07, 6.45) is 2.38. The number of rotatable bonds is 6. The summed E-state index contributed by atoms with van der Waals surface area (Å²) in [6, 6.07) is 5.25. The van der Waals surface area contributed by atoms with E-state index in [2.05, 4.69) is 15.5 Å². The zero-order valence-electron chi connectivity index (χ0n) is 13.6. The Morgan fingerprint density at radius 1 is 1.48 bits per heavy atom. The normalized spacial score (nSPS) is 18.1. The quantitative estimate of drug-likeness (QED) is 0.817. The average Bonchev–Trinajstić information content (AvgIpc) is 2.48. The summed E-state index contributed by atoms with van der Waals surface area (Å²) in [5, 5.41) is 6.60. The van der Waals surface area contributed by atoms with Crippen molar-refractivity contribution in [2.24, 2.45) is 5.92 Å². The fourth-order valence-corrected chi connectivity index (χ4v) is 3.16. The van der Waals surface area contributed by atoms with Gasteiger partial charge in [0.05, 0.1) is 18.7 Å². The van der Waals surface area contributed by atoms with Crippen LogP contribution >= 0.6 is 24.0 Å². The van der Waals surface area contributed by atoms with E-state index in [0.717, 1.165) is 26.1 Å². The fraction of sp³-hybridized carbons (Fsp3) is 0.562. The zero-order valence-corrected chi connectivity index (χ0v) is 15.2. The smallest absolute Gasteiger partial charge is 0.238 e. The van der Waals surface area contributed by atoms with Crippen molar-refractivity contribution in [2.75, 3.05) is 45.7 Å². The van der Waals surface area contributed by atoms with E-state index in [0.29, 0.717) is 28.9 Å². The van der Waals surface area contributed by atoms with E-state index in [1.807, 2.05) is 7.05 Å². The van der Waals surface area contributed by atoms with Crippen LogP contribution in [0, 0.1) is 5.92 Å². The van der Waals surface area contributed by atoms with Crippen molar-refractivity contribution in [1.82, 2.24) is 10.2 Å². The van der Waals surface area contributed by atoms with Gasteiger partial charge in [-0.15, -0.1) is 12.4 Å². The van der Waals surface area contributed by atoms with Gasteiger partial charge in [-0.25, -0.2) is 0 Å². The number of halogens is 2. The lowest BCUT2D eigenvalue weighted by Gasteiger charge is -2.32. The van der Waals surface area contributed by atoms with Gasteiger partial charge in [-0.1, -0.05) is 11.6 Å². The molecule has 1 fully saturated rings. The number of ether oxygens (including phenoxy) is 1. The number of methoxy groups -OCH3 is 1. The molecule has 1 aliphatic heterocycles. The molecular weight excluding hydrogens is 337 g/mol. The second kappa shape index (κ2) is 9.98. The zero-order chi connectivity index (χ0) is 15.9. The summed E-state index contributed by atoms with van der Waals surface area (Å²) in [4.78, 5) is 14.4. The molecule has 0 spiro atoms. The highest BCUT2D eigenvalue weighted by Gasteiger charge is 2.21. The first kappa shape index (κ1) is 20.0. The number of nitrogens with zero attached hydrogens (tertiary/aromatic N) is 1. The van der Waals surface area contributed by atoms with Crippen molar-refractivity contribution in [2.45, 2.75) is 12.8 Å². The molecule has 2 N–H and O–H groups in total. The predicted octanol–water partition coefficient (Wildman–Crippen LogP) is 2.64. The van der Waals surface area contributed by atoms with Crippen LogP contribution in [0.4, 0.5) is 5.69 Å². The minimum Gasteiger partial charge on any atom is -0.495 e. The molecule has 1 saturated heterocycles. The monoisotopic (exact) mass is 361 g/mol. The molecule has 7 heteroatoms. The highest BCUT2D eigenvalue weighted by Crippen LogP contribution is 2.27. The van der Waals surface area contributed by atoms with Gasteiger partial charge in [0, 0.05) is 12.2 Å². The molecule has 0 radical (unpaired) electrons. The summed E-state index contributed by atoms with van der Waals surface area (Å²) in [5.41, 5.74) is 0.694. The van der Waals surface area contributed by atoms with Crippen molar-refractivity contribution in [3.05, 3.63) is 23.2 Å². The maximum Gasteiger partial charge on any atom is 0.238 e. The molecule has 1 aromatic carbocycles. The first-order valence-corrected chi connectivity index (χ1v) is 8.00. The van der Waals surface area contributed by atoms with Gasteiger partial charge in [0.1, 0.15) is 5.75 Å². The number of benzene rings is 1. The molecule has 0 aromatic heterocycles. The van der Waals surface area contributed by atoms with Crippen LogP contribution in [0.1, 0.15) is 12.8 Å². The van der Waals surface area contributed by atoms with E-state index >= 15 is 0 Å². The molecule has 5 nitrogen and oxygen atoms in total. The van der Waals surface area contributed by atoms with Crippen LogP contribution in [0.3, 0.4) is 0 Å². The van der Waals surface area contributed by atoms with Crippen LogP contribution in [0.5, 0.6) is 5.75 Å². The third-order valence-electron chi connectivity index (χ3n) is 3.90. The fourth-order valence-electron chi connectivity index (χ4n) is 2.90. The summed E-state index contributed by atoms with van der Waals surface area (Å²) < 4.78 is 5.10. The molecule has 0 aliphatic carbocycles. The minimum atomic E-state index is -0.00802. The predicted molar refractivity (Wildman–Crippen MR) is 97.0 cm³/mol. The Morgan fingerprint density at radius 3 is 2.91 bits per heavy atom. The van der Waals surface area contributed by atoms with Crippen LogP contribution < -0.4 is 15.4 Å². The molecule has 1 aliphatic rings. The van der Waals surface area contributed by atoms with Crippen molar-refractivity contribution in [3.8, 4) is 5.75 Å². The van der Waals surface area contributed by atoms with Crippen molar-refractivity contribution in [3.63, 3.8) is 0 Å². The molecule has 2 rings (SSSR count). The number of piperidine rings is 1. The maximum atomic E-state index is 12.2. The molecule has 0 saturated carbocycles. The SMILES string of the molecule is CNCC1CCCN(CC(=O)Nc2ccc(OC)c(Cl)c2)C1.Cl. The maximum absolute atomic E-state index is 12.2. The highest BCUT2D eigenvalue weighted by atomic mass is 35.5. The topological polar surface area (TPSA) is 53.6 Å². The van der Waals surface area contributed by atoms with E-state index in [-0.39, 0.29) is 18.3 Å². The van der Waals surface area contributed by atoms with Crippen LogP contribution in [-0.2, 0) is 4.79 Å². The lowest BCUT2D eigenvalue weighted by molar-refractivity contribution is -0.117. The minimum absolute atomic E-state index is 0. The number of hydrogen-bond acceptors (Lipinski definition) is 4. The molecular formula is C16H25Cl2N3O2. The molecule has 1 unspecified atom stereocenters. The average molecular weight is 362 g/mol.